The van der Waals surface area contributed by atoms with Crippen molar-refractivity contribution in [3.8, 4) is 0 Å². The van der Waals surface area contributed by atoms with Gasteiger partial charge in [0, 0.05) is 40.6 Å². The van der Waals surface area contributed by atoms with Crippen molar-refractivity contribution in [1.82, 2.24) is 10.2 Å². The van der Waals surface area contributed by atoms with E-state index in [0.29, 0.717) is 12.1 Å². The molecule has 0 radical (unpaired) electrons. The molecule has 4 rings (SSSR count). The van der Waals surface area contributed by atoms with Gasteiger partial charge in [-0.15, -0.1) is 11.8 Å². The normalized spacial score (nSPS) is 33.1. The number of nitrogens with one attached hydrogen (secondary N) is 1. The van der Waals surface area contributed by atoms with E-state index in [2.05, 4.69) is 29.3 Å². The fraction of sp³-hybridized carbons (Fsp3) is 0.647. The number of hydrogen-bond donors (Lipinski definition) is 1. The van der Waals surface area contributed by atoms with Crippen molar-refractivity contribution in [3.63, 3.8) is 0 Å². The summed E-state index contributed by atoms with van der Waals surface area (Å²) in [6, 6.07) is 9.11. The number of thioether (sulfide) groups is 1. The molecule has 0 bridgehead atoms. The number of nitrogens with zero attached hydrogens (tertiary/aromatic N) is 1. The highest BCUT2D eigenvalue weighted by Crippen LogP contribution is 2.39. The summed E-state index contributed by atoms with van der Waals surface area (Å²) in [4.78, 5) is 4.13. The van der Waals surface area contributed by atoms with E-state index < -0.39 is 0 Å². The quantitative estimate of drug-likeness (QED) is 0.902. The molecule has 2 aliphatic heterocycles. The summed E-state index contributed by atoms with van der Waals surface area (Å²) in [6.07, 6.45) is 5.33. The Kier molecular flexibility index (Phi) is 3.95. The second-order valence-corrected chi connectivity index (χ2v) is 8.32. The Morgan fingerprint density at radius 2 is 2.14 bits per heavy atom. The van der Waals surface area contributed by atoms with Crippen molar-refractivity contribution in [2.45, 2.75) is 61.7 Å². The van der Waals surface area contributed by atoms with Gasteiger partial charge in [0.1, 0.15) is 0 Å². The molecule has 0 amide bonds. The zero-order chi connectivity index (χ0) is 14.4. The van der Waals surface area contributed by atoms with Gasteiger partial charge in [0.25, 0.3) is 0 Å². The van der Waals surface area contributed by atoms with Crippen LogP contribution in [0.2, 0.25) is 5.02 Å². The SMILES string of the molecule is CC1CC(NC2CCSc3ccc(Cl)cc32)CN1C1CC1. The molecule has 1 N–H and O–H groups in total. The lowest BCUT2D eigenvalue weighted by Crippen LogP contribution is -2.37. The van der Waals surface area contributed by atoms with Crippen LogP contribution in [-0.4, -0.2) is 35.3 Å². The molecule has 2 nitrogen and oxygen atoms in total. The first-order chi connectivity index (χ1) is 10.2. The number of rotatable bonds is 3. The Labute approximate surface area is 136 Å². The summed E-state index contributed by atoms with van der Waals surface area (Å²) in [5.74, 6) is 1.21. The molecule has 3 unspecified atom stereocenters. The van der Waals surface area contributed by atoms with Crippen LogP contribution in [0.15, 0.2) is 23.1 Å². The van der Waals surface area contributed by atoms with Gasteiger partial charge in [-0.25, -0.2) is 0 Å². The lowest BCUT2D eigenvalue weighted by atomic mass is 10.0. The third-order valence-corrected chi connectivity index (χ3v) is 6.44. The molecule has 3 aliphatic rings. The van der Waals surface area contributed by atoms with Gasteiger partial charge in [-0.1, -0.05) is 11.6 Å². The molecule has 4 heteroatoms. The zero-order valence-corrected chi connectivity index (χ0v) is 14.1. The van der Waals surface area contributed by atoms with Gasteiger partial charge in [-0.05, 0) is 62.1 Å². The Bertz CT molecular complexity index is 532. The minimum Gasteiger partial charge on any atom is -0.306 e. The van der Waals surface area contributed by atoms with Crippen molar-refractivity contribution in [3.05, 3.63) is 28.8 Å². The molecule has 3 atom stereocenters. The predicted molar refractivity (Wildman–Crippen MR) is 90.3 cm³/mol. The Morgan fingerprint density at radius 3 is 2.95 bits per heavy atom. The molecule has 0 aromatic heterocycles. The zero-order valence-electron chi connectivity index (χ0n) is 12.5. The molecular weight excluding hydrogens is 300 g/mol. The molecule has 2 fully saturated rings. The summed E-state index contributed by atoms with van der Waals surface area (Å²) in [7, 11) is 0. The standard InChI is InChI=1S/C17H23ClN2S/c1-11-8-13(10-20(11)14-3-4-14)19-16-6-7-21-17-5-2-12(18)9-15(16)17/h2,5,9,11,13-14,16,19H,3-4,6-8,10H2,1H3. The summed E-state index contributed by atoms with van der Waals surface area (Å²) < 4.78 is 0. The highest BCUT2D eigenvalue weighted by Gasteiger charge is 2.39. The summed E-state index contributed by atoms with van der Waals surface area (Å²) in [6.45, 7) is 3.62. The van der Waals surface area contributed by atoms with Crippen LogP contribution in [0.25, 0.3) is 0 Å². The van der Waals surface area contributed by atoms with Crippen molar-refractivity contribution < 1.29 is 0 Å². The molecule has 1 aromatic rings. The number of benzene rings is 1. The van der Waals surface area contributed by atoms with Crippen LogP contribution in [0.1, 0.15) is 44.2 Å². The second kappa shape index (κ2) is 5.77. The number of hydrogen-bond acceptors (Lipinski definition) is 3. The Balaban J connectivity index is 1.47. The van der Waals surface area contributed by atoms with E-state index in [1.54, 1.807) is 0 Å². The maximum absolute atomic E-state index is 6.21. The van der Waals surface area contributed by atoms with Crippen molar-refractivity contribution in [1.29, 1.82) is 0 Å². The molecule has 1 aliphatic carbocycles. The summed E-state index contributed by atoms with van der Waals surface area (Å²) >= 11 is 8.18. The average Bonchev–Trinajstić information content (AvgIpc) is 3.24. The molecule has 1 saturated carbocycles. The third-order valence-electron chi connectivity index (χ3n) is 5.09. The smallest absolute Gasteiger partial charge is 0.0410 e. The average molecular weight is 323 g/mol. The fourth-order valence-corrected chi connectivity index (χ4v) is 5.20. The minimum atomic E-state index is 0.483. The first-order valence-corrected chi connectivity index (χ1v) is 9.51. The molecule has 114 valence electrons. The molecule has 0 spiro atoms. The fourth-order valence-electron chi connectivity index (χ4n) is 3.91. The van der Waals surface area contributed by atoms with E-state index >= 15 is 0 Å². The van der Waals surface area contributed by atoms with E-state index in [1.807, 2.05) is 17.8 Å². The molecule has 1 saturated heterocycles. The van der Waals surface area contributed by atoms with Gasteiger partial charge >= 0.3 is 0 Å². The van der Waals surface area contributed by atoms with Gasteiger partial charge in [0.05, 0.1) is 0 Å². The minimum absolute atomic E-state index is 0.483. The molecular formula is C17H23ClN2S. The lowest BCUT2D eigenvalue weighted by Gasteiger charge is -2.29. The van der Waals surface area contributed by atoms with Crippen molar-refractivity contribution in [2.75, 3.05) is 12.3 Å². The Morgan fingerprint density at radius 1 is 1.29 bits per heavy atom. The predicted octanol–water partition coefficient (Wildman–Crippen LogP) is 4.09. The maximum atomic E-state index is 6.21. The molecule has 21 heavy (non-hydrogen) atoms. The van der Waals surface area contributed by atoms with E-state index in [9.17, 15) is 0 Å². The monoisotopic (exact) mass is 322 g/mol. The third kappa shape index (κ3) is 2.98. The highest BCUT2D eigenvalue weighted by molar-refractivity contribution is 7.99. The van der Waals surface area contributed by atoms with E-state index in [0.717, 1.165) is 17.1 Å². The molecule has 2 heterocycles. The summed E-state index contributed by atoms with van der Waals surface area (Å²) in [5.41, 5.74) is 1.41. The van der Waals surface area contributed by atoms with Crippen LogP contribution in [-0.2, 0) is 0 Å². The molecule has 1 aromatic carbocycles. The van der Waals surface area contributed by atoms with Crippen LogP contribution in [0.4, 0.5) is 0 Å². The van der Waals surface area contributed by atoms with Crippen LogP contribution >= 0.6 is 23.4 Å². The van der Waals surface area contributed by atoms with Gasteiger partial charge in [-0.3, -0.25) is 4.90 Å². The van der Waals surface area contributed by atoms with Crippen molar-refractivity contribution >= 4 is 23.4 Å². The largest absolute Gasteiger partial charge is 0.306 e. The first-order valence-electron chi connectivity index (χ1n) is 8.15. The van der Waals surface area contributed by atoms with Gasteiger partial charge < -0.3 is 5.32 Å². The van der Waals surface area contributed by atoms with Crippen LogP contribution in [0.5, 0.6) is 0 Å². The van der Waals surface area contributed by atoms with Gasteiger partial charge in [0.2, 0.25) is 0 Å². The highest BCUT2D eigenvalue weighted by atomic mass is 35.5. The topological polar surface area (TPSA) is 15.3 Å². The van der Waals surface area contributed by atoms with E-state index in [1.165, 1.54) is 48.4 Å². The van der Waals surface area contributed by atoms with Crippen LogP contribution in [0.3, 0.4) is 0 Å². The maximum Gasteiger partial charge on any atom is 0.0410 e. The van der Waals surface area contributed by atoms with Crippen molar-refractivity contribution in [2.24, 2.45) is 0 Å². The van der Waals surface area contributed by atoms with Gasteiger partial charge in [-0.2, -0.15) is 0 Å². The Hall–Kier alpha value is -0.220. The van der Waals surface area contributed by atoms with E-state index in [4.69, 9.17) is 11.6 Å². The number of halogens is 1. The van der Waals surface area contributed by atoms with Gasteiger partial charge in [0.15, 0.2) is 0 Å². The lowest BCUT2D eigenvalue weighted by molar-refractivity contribution is 0.253. The van der Waals surface area contributed by atoms with Crippen LogP contribution in [0, 0.1) is 0 Å². The van der Waals surface area contributed by atoms with E-state index in [-0.39, 0.29) is 0 Å². The first kappa shape index (κ1) is 14.4. The number of likely N-dealkylation sites (tertiary alicyclic amines) is 1. The van der Waals surface area contributed by atoms with Crippen LogP contribution < -0.4 is 5.32 Å². The summed E-state index contributed by atoms with van der Waals surface area (Å²) in [5, 5.41) is 4.79. The second-order valence-electron chi connectivity index (χ2n) is 6.75. The number of fused-ring (bicyclic) bond motifs is 1.